The van der Waals surface area contributed by atoms with E-state index in [9.17, 15) is 15.0 Å². The van der Waals surface area contributed by atoms with Gasteiger partial charge in [-0.15, -0.1) is 11.3 Å². The van der Waals surface area contributed by atoms with Crippen molar-refractivity contribution in [3.63, 3.8) is 0 Å². The lowest BCUT2D eigenvalue weighted by molar-refractivity contribution is 0.0927. The smallest absolute Gasteiger partial charge is 0.254 e. The van der Waals surface area contributed by atoms with E-state index in [-0.39, 0.29) is 23.4 Å². The van der Waals surface area contributed by atoms with Crippen LogP contribution in [0.15, 0.2) is 23.2 Å². The van der Waals surface area contributed by atoms with Crippen LogP contribution in [0.1, 0.15) is 71.3 Å². The molecule has 1 aromatic carbocycles. The molecule has 1 aromatic heterocycles. The number of hydrogen-bond donors (Lipinski definition) is 3. The number of carbonyl (C=O) groups excluding carboxylic acids is 1. The van der Waals surface area contributed by atoms with E-state index in [4.69, 9.17) is 0 Å². The Morgan fingerprint density at radius 1 is 1.11 bits per heavy atom. The molecule has 0 aliphatic heterocycles. The summed E-state index contributed by atoms with van der Waals surface area (Å²) in [4.78, 5) is 19.0. The van der Waals surface area contributed by atoms with Gasteiger partial charge in [0.25, 0.3) is 5.91 Å². The van der Waals surface area contributed by atoms with Gasteiger partial charge in [-0.2, -0.15) is 0 Å². The first kappa shape index (κ1) is 19.0. The quantitative estimate of drug-likeness (QED) is 0.644. The van der Waals surface area contributed by atoms with E-state index in [1.165, 1.54) is 36.3 Å². The lowest BCUT2D eigenvalue weighted by atomic mass is 9.93. The third-order valence-corrected chi connectivity index (χ3v) is 6.85. The van der Waals surface area contributed by atoms with Gasteiger partial charge in [0, 0.05) is 28.8 Å². The summed E-state index contributed by atoms with van der Waals surface area (Å²) < 4.78 is 0. The zero-order valence-corrected chi connectivity index (χ0v) is 16.7. The van der Waals surface area contributed by atoms with Gasteiger partial charge in [-0.05, 0) is 56.2 Å². The van der Waals surface area contributed by atoms with Crippen LogP contribution in [0.2, 0.25) is 0 Å². The second-order valence-corrected chi connectivity index (χ2v) is 8.78. The van der Waals surface area contributed by atoms with Gasteiger partial charge in [-0.1, -0.05) is 19.3 Å². The lowest BCUT2D eigenvalue weighted by Crippen LogP contribution is -2.36. The molecule has 5 nitrogen and oxygen atoms in total. The lowest BCUT2D eigenvalue weighted by Gasteiger charge is -2.23. The maximum atomic E-state index is 13.1. The number of amides is 1. The van der Waals surface area contributed by atoms with E-state index in [1.807, 2.05) is 0 Å². The number of hydrogen-bond acceptors (Lipinski definition) is 5. The minimum absolute atomic E-state index is 0.00613. The molecule has 3 N–H and O–H groups in total. The van der Waals surface area contributed by atoms with Crippen LogP contribution in [-0.4, -0.2) is 28.4 Å². The Balaban J connectivity index is 1.63. The molecule has 0 radical (unpaired) electrons. The topological polar surface area (TPSA) is 81.9 Å². The van der Waals surface area contributed by atoms with Crippen molar-refractivity contribution >= 4 is 28.5 Å². The molecule has 1 saturated carbocycles. The number of thiophene rings is 1. The second-order valence-electron chi connectivity index (χ2n) is 7.70. The number of rotatable bonds is 4. The predicted octanol–water partition coefficient (Wildman–Crippen LogP) is 4.85. The number of phenols is 2. The summed E-state index contributed by atoms with van der Waals surface area (Å²) in [5.41, 5.74) is 2.40. The molecule has 2 aromatic rings. The van der Waals surface area contributed by atoms with Crippen molar-refractivity contribution in [1.29, 1.82) is 0 Å². The first-order valence-electron chi connectivity index (χ1n) is 10.1. The van der Waals surface area contributed by atoms with E-state index in [2.05, 4.69) is 10.3 Å². The van der Waals surface area contributed by atoms with Gasteiger partial charge < -0.3 is 15.5 Å². The highest BCUT2D eigenvalue weighted by molar-refractivity contribution is 7.16. The van der Waals surface area contributed by atoms with Crippen LogP contribution >= 0.6 is 11.3 Å². The zero-order valence-electron chi connectivity index (χ0n) is 15.9. The molecule has 0 bridgehead atoms. The molecule has 28 heavy (non-hydrogen) atoms. The maximum absolute atomic E-state index is 13.1. The van der Waals surface area contributed by atoms with Gasteiger partial charge in [0.05, 0.1) is 5.56 Å². The Hall–Kier alpha value is -2.34. The Morgan fingerprint density at radius 3 is 2.68 bits per heavy atom. The van der Waals surface area contributed by atoms with Crippen molar-refractivity contribution in [2.75, 3.05) is 0 Å². The van der Waals surface area contributed by atoms with Crippen molar-refractivity contribution in [1.82, 2.24) is 5.32 Å². The highest BCUT2D eigenvalue weighted by Crippen LogP contribution is 2.40. The summed E-state index contributed by atoms with van der Waals surface area (Å²) in [6.45, 7) is 0. The van der Waals surface area contributed by atoms with Crippen LogP contribution in [0.25, 0.3) is 0 Å². The van der Waals surface area contributed by atoms with Gasteiger partial charge >= 0.3 is 0 Å². The number of aromatic hydroxyl groups is 2. The van der Waals surface area contributed by atoms with E-state index in [0.717, 1.165) is 49.7 Å². The van der Waals surface area contributed by atoms with E-state index >= 15 is 0 Å². The van der Waals surface area contributed by atoms with E-state index < -0.39 is 0 Å². The second kappa shape index (κ2) is 8.35. The zero-order chi connectivity index (χ0) is 19.5. The summed E-state index contributed by atoms with van der Waals surface area (Å²) in [6.07, 6.45) is 11.5. The van der Waals surface area contributed by atoms with Gasteiger partial charge in [0.15, 0.2) is 0 Å². The number of phenolic OH excluding ortho intramolecular Hbond substituents is 2. The summed E-state index contributed by atoms with van der Waals surface area (Å²) >= 11 is 1.59. The third kappa shape index (κ3) is 4.07. The van der Waals surface area contributed by atoms with Gasteiger partial charge in [0.1, 0.15) is 16.5 Å². The molecule has 2 aliphatic rings. The molecule has 4 rings (SSSR count). The molecule has 0 saturated heterocycles. The molecule has 1 fully saturated rings. The van der Waals surface area contributed by atoms with E-state index in [0.29, 0.717) is 10.6 Å². The number of benzene rings is 1. The van der Waals surface area contributed by atoms with Crippen LogP contribution in [0.4, 0.5) is 5.00 Å². The molecule has 2 aliphatic carbocycles. The van der Waals surface area contributed by atoms with Crippen molar-refractivity contribution in [3.05, 3.63) is 39.8 Å². The first-order chi connectivity index (χ1) is 13.6. The number of nitrogens with zero attached hydrogens (tertiary/aromatic N) is 1. The predicted molar refractivity (Wildman–Crippen MR) is 112 cm³/mol. The molecule has 0 spiro atoms. The van der Waals surface area contributed by atoms with E-state index in [1.54, 1.807) is 23.6 Å². The Bertz CT molecular complexity index is 897. The van der Waals surface area contributed by atoms with Crippen molar-refractivity contribution in [2.45, 2.75) is 63.8 Å². The minimum atomic E-state index is -0.0294. The molecule has 1 amide bonds. The van der Waals surface area contributed by atoms with Crippen LogP contribution in [0.5, 0.6) is 11.5 Å². The SMILES string of the molecule is O=C(NC1CCCCC1)c1c(/N=C\c2ccc(O)cc2O)sc2c1CCCC2. The highest BCUT2D eigenvalue weighted by atomic mass is 32.1. The average molecular weight is 399 g/mol. The fraction of sp³-hybridized carbons (Fsp3) is 0.455. The van der Waals surface area contributed by atoms with Crippen LogP contribution < -0.4 is 5.32 Å². The third-order valence-electron chi connectivity index (χ3n) is 5.66. The molecule has 0 atom stereocenters. The molecular formula is C22H26N2O3S. The molecular weight excluding hydrogens is 372 g/mol. The number of aliphatic imine (C=N–C) groups is 1. The van der Waals surface area contributed by atoms with Crippen molar-refractivity contribution in [2.24, 2.45) is 4.99 Å². The van der Waals surface area contributed by atoms with Crippen LogP contribution in [-0.2, 0) is 12.8 Å². The molecule has 148 valence electrons. The number of nitrogens with one attached hydrogen (secondary N) is 1. The van der Waals surface area contributed by atoms with Crippen LogP contribution in [0.3, 0.4) is 0 Å². The Kier molecular flexibility index (Phi) is 5.67. The number of aryl methyl sites for hydroxylation is 1. The fourth-order valence-corrected chi connectivity index (χ4v) is 5.38. The van der Waals surface area contributed by atoms with Gasteiger partial charge in [-0.25, -0.2) is 4.99 Å². The standard InChI is InChI=1S/C22H26N2O3S/c25-16-11-10-14(18(26)12-16)13-23-22-20(17-8-4-5-9-19(17)28-22)21(27)24-15-6-2-1-3-7-15/h10-13,15,25-26H,1-9H2,(H,24,27)/b23-13-. The Labute approximate surface area is 169 Å². The normalized spacial score (nSPS) is 17.6. The summed E-state index contributed by atoms with van der Waals surface area (Å²) in [5.74, 6) is -0.0274. The number of carbonyl (C=O) groups is 1. The van der Waals surface area contributed by atoms with Gasteiger partial charge in [-0.3, -0.25) is 4.79 Å². The largest absolute Gasteiger partial charge is 0.508 e. The molecule has 1 heterocycles. The van der Waals surface area contributed by atoms with Crippen molar-refractivity contribution < 1.29 is 15.0 Å². The van der Waals surface area contributed by atoms with Crippen molar-refractivity contribution in [3.8, 4) is 11.5 Å². The highest BCUT2D eigenvalue weighted by Gasteiger charge is 2.27. The fourth-order valence-electron chi connectivity index (χ4n) is 4.15. The summed E-state index contributed by atoms with van der Waals surface area (Å²) in [5, 5.41) is 23.4. The van der Waals surface area contributed by atoms with Crippen LogP contribution in [0, 0.1) is 0 Å². The summed E-state index contributed by atoms with van der Waals surface area (Å²) in [6, 6.07) is 4.68. The monoisotopic (exact) mass is 398 g/mol. The van der Waals surface area contributed by atoms with Gasteiger partial charge in [0.2, 0.25) is 0 Å². The number of fused-ring (bicyclic) bond motifs is 1. The maximum Gasteiger partial charge on any atom is 0.254 e. The molecule has 6 heteroatoms. The molecule has 0 unspecified atom stereocenters. The minimum Gasteiger partial charge on any atom is -0.508 e. The average Bonchev–Trinajstić information content (AvgIpc) is 3.06. The summed E-state index contributed by atoms with van der Waals surface area (Å²) in [7, 11) is 0. The first-order valence-corrected chi connectivity index (χ1v) is 10.9. The Morgan fingerprint density at radius 2 is 1.89 bits per heavy atom.